The number of aromatic nitrogens is 1. The number of hydrogen-bond donors (Lipinski definition) is 2. The van der Waals surface area contributed by atoms with Gasteiger partial charge in [-0.05, 0) is 29.3 Å². The molecule has 1 aliphatic rings. The maximum Gasteiger partial charge on any atom is 0.309 e. The Morgan fingerprint density at radius 2 is 1.63 bits per heavy atom. The van der Waals surface area contributed by atoms with Crippen molar-refractivity contribution in [2.45, 2.75) is 12.6 Å². The van der Waals surface area contributed by atoms with Gasteiger partial charge < -0.3 is 20.3 Å². The minimum atomic E-state index is -0.639. The van der Waals surface area contributed by atoms with E-state index in [1.807, 2.05) is 66.9 Å². The van der Waals surface area contributed by atoms with E-state index in [2.05, 4.69) is 31.5 Å². The van der Waals surface area contributed by atoms with Crippen molar-refractivity contribution in [2.75, 3.05) is 44.7 Å². The minimum absolute atomic E-state index is 0.0885. The van der Waals surface area contributed by atoms with Gasteiger partial charge >= 0.3 is 11.8 Å². The topological polar surface area (TPSA) is 86.8 Å². The molecule has 0 aliphatic carbocycles. The summed E-state index contributed by atoms with van der Waals surface area (Å²) in [7, 11) is 1.69. The number of carbonyl (C=O) groups is 2. The highest BCUT2D eigenvalue weighted by Gasteiger charge is 2.27. The number of rotatable bonds is 8. The Hall–Kier alpha value is -3.91. The van der Waals surface area contributed by atoms with Gasteiger partial charge in [-0.3, -0.25) is 19.5 Å². The molecule has 8 heteroatoms. The summed E-state index contributed by atoms with van der Waals surface area (Å²) < 4.78 is 5.53. The highest BCUT2D eigenvalue weighted by molar-refractivity contribution is 6.35. The second-order valence-corrected chi connectivity index (χ2v) is 8.38. The van der Waals surface area contributed by atoms with Crippen molar-refractivity contribution >= 4 is 17.5 Å². The minimum Gasteiger partial charge on any atom is -0.495 e. The smallest absolute Gasteiger partial charge is 0.309 e. The first kappa shape index (κ1) is 24.2. The van der Waals surface area contributed by atoms with E-state index in [9.17, 15) is 9.59 Å². The van der Waals surface area contributed by atoms with Crippen LogP contribution in [0.25, 0.3) is 0 Å². The Balaban J connectivity index is 1.36. The zero-order valence-corrected chi connectivity index (χ0v) is 19.9. The molecule has 2 N–H and O–H groups in total. The van der Waals surface area contributed by atoms with Gasteiger partial charge in [-0.15, -0.1) is 0 Å². The molecule has 3 aromatic rings. The van der Waals surface area contributed by atoms with Crippen LogP contribution in [-0.2, 0) is 16.1 Å². The van der Waals surface area contributed by atoms with Gasteiger partial charge in [0.05, 0.1) is 18.8 Å². The monoisotopic (exact) mass is 473 g/mol. The molecule has 2 amide bonds. The van der Waals surface area contributed by atoms with Crippen LogP contribution in [0.3, 0.4) is 0 Å². The summed E-state index contributed by atoms with van der Waals surface area (Å²) in [4.78, 5) is 33.7. The molecule has 1 fully saturated rings. The summed E-state index contributed by atoms with van der Waals surface area (Å²) in [5.41, 5.74) is 3.02. The van der Waals surface area contributed by atoms with E-state index >= 15 is 0 Å². The van der Waals surface area contributed by atoms with Crippen molar-refractivity contribution in [1.82, 2.24) is 20.5 Å². The van der Waals surface area contributed by atoms with Gasteiger partial charge in [0, 0.05) is 51.7 Å². The lowest BCUT2D eigenvalue weighted by atomic mass is 10.1. The molecule has 4 rings (SSSR count). The summed E-state index contributed by atoms with van der Waals surface area (Å²) in [5, 5.41) is 5.50. The Morgan fingerprint density at radius 1 is 0.914 bits per heavy atom. The van der Waals surface area contributed by atoms with Crippen molar-refractivity contribution in [3.63, 3.8) is 0 Å². The Bertz CT molecular complexity index is 1100. The van der Waals surface area contributed by atoms with Crippen LogP contribution < -0.4 is 20.3 Å². The normalized spacial score (nSPS) is 14.7. The number of amides is 2. The van der Waals surface area contributed by atoms with Gasteiger partial charge in [0.15, 0.2) is 0 Å². The van der Waals surface area contributed by atoms with Crippen LogP contribution in [0.5, 0.6) is 5.75 Å². The number of nitrogens with zero attached hydrogens (tertiary/aromatic N) is 3. The molecule has 0 spiro atoms. The first-order valence-electron chi connectivity index (χ1n) is 11.8. The molecule has 1 saturated heterocycles. The van der Waals surface area contributed by atoms with Crippen LogP contribution >= 0.6 is 0 Å². The first-order valence-corrected chi connectivity index (χ1v) is 11.8. The summed E-state index contributed by atoms with van der Waals surface area (Å²) in [5.74, 6) is -0.416. The average Bonchev–Trinajstić information content (AvgIpc) is 2.93. The zero-order valence-electron chi connectivity index (χ0n) is 19.9. The maximum atomic E-state index is 12.5. The van der Waals surface area contributed by atoms with Crippen molar-refractivity contribution in [1.29, 1.82) is 0 Å². The largest absolute Gasteiger partial charge is 0.495 e. The molecule has 2 aromatic carbocycles. The lowest BCUT2D eigenvalue weighted by Gasteiger charge is -2.40. The first-order chi connectivity index (χ1) is 17.2. The number of hydrogen-bond acceptors (Lipinski definition) is 6. The van der Waals surface area contributed by atoms with E-state index in [0.717, 1.165) is 48.7 Å². The summed E-state index contributed by atoms with van der Waals surface area (Å²) in [6.45, 7) is 3.87. The maximum absolute atomic E-state index is 12.5. The molecule has 2 heterocycles. The Labute approximate surface area is 205 Å². The lowest BCUT2D eigenvalue weighted by molar-refractivity contribution is -0.139. The van der Waals surface area contributed by atoms with Crippen molar-refractivity contribution in [3.8, 4) is 5.75 Å². The third-order valence-electron chi connectivity index (χ3n) is 6.21. The van der Waals surface area contributed by atoms with E-state index in [4.69, 9.17) is 4.74 Å². The number of pyridine rings is 1. The number of para-hydroxylation sites is 2. The number of piperazine rings is 1. The van der Waals surface area contributed by atoms with Crippen molar-refractivity contribution in [3.05, 3.63) is 90.3 Å². The molecule has 0 radical (unpaired) electrons. The third kappa shape index (κ3) is 6.36. The molecular formula is C27H31N5O3. The van der Waals surface area contributed by atoms with Crippen LogP contribution in [-0.4, -0.2) is 61.5 Å². The zero-order chi connectivity index (χ0) is 24.5. The van der Waals surface area contributed by atoms with Gasteiger partial charge in [-0.25, -0.2) is 0 Å². The number of carbonyl (C=O) groups excluding carboxylic acids is 2. The predicted molar refractivity (Wildman–Crippen MR) is 135 cm³/mol. The molecule has 0 unspecified atom stereocenters. The van der Waals surface area contributed by atoms with E-state index in [1.54, 1.807) is 13.3 Å². The molecule has 35 heavy (non-hydrogen) atoms. The average molecular weight is 474 g/mol. The van der Waals surface area contributed by atoms with Gasteiger partial charge in [0.2, 0.25) is 0 Å². The summed E-state index contributed by atoms with van der Waals surface area (Å²) in [6.07, 6.45) is 3.55. The molecule has 182 valence electrons. The number of benzene rings is 2. The number of ether oxygens (including phenoxy) is 1. The second-order valence-electron chi connectivity index (χ2n) is 8.38. The van der Waals surface area contributed by atoms with E-state index in [0.29, 0.717) is 13.1 Å². The van der Waals surface area contributed by atoms with Gasteiger partial charge in [-0.1, -0.05) is 48.5 Å². The highest BCUT2D eigenvalue weighted by Crippen LogP contribution is 2.30. The predicted octanol–water partition coefficient (Wildman–Crippen LogP) is 2.39. The van der Waals surface area contributed by atoms with Gasteiger partial charge in [0.1, 0.15) is 5.75 Å². The molecule has 0 bridgehead atoms. The number of anilines is 1. The molecule has 1 aromatic heterocycles. The molecule has 8 nitrogen and oxygen atoms in total. The van der Waals surface area contributed by atoms with Gasteiger partial charge in [-0.2, -0.15) is 0 Å². The summed E-state index contributed by atoms with van der Waals surface area (Å²) in [6, 6.07) is 21.3. The number of methoxy groups -OCH3 is 1. The fourth-order valence-electron chi connectivity index (χ4n) is 4.32. The van der Waals surface area contributed by atoms with Crippen molar-refractivity contribution in [2.24, 2.45) is 0 Å². The van der Waals surface area contributed by atoms with Crippen LogP contribution in [0.15, 0.2) is 79.1 Å². The SMILES string of the molecule is COc1ccccc1N1CCN([C@@H](CNC(=O)C(=O)NCc2ccccc2)c2cccnc2)CC1. The standard InChI is InChI=1S/C27H31N5O3/c1-35-25-12-6-5-11-23(25)31-14-16-32(17-15-31)24(22-10-7-13-28-19-22)20-30-27(34)26(33)29-18-21-8-3-2-4-9-21/h2-13,19,24H,14-18,20H2,1H3,(H,29,33)(H,30,34)/t24-/m0/s1. The molecular weight excluding hydrogens is 442 g/mol. The van der Waals surface area contributed by atoms with Gasteiger partial charge in [0.25, 0.3) is 0 Å². The Kier molecular flexibility index (Phi) is 8.30. The Morgan fingerprint density at radius 3 is 2.34 bits per heavy atom. The quantitative estimate of drug-likeness (QED) is 0.489. The van der Waals surface area contributed by atoms with Crippen LogP contribution in [0, 0.1) is 0 Å². The van der Waals surface area contributed by atoms with E-state index < -0.39 is 11.8 Å². The fourth-order valence-corrected chi connectivity index (χ4v) is 4.32. The van der Waals surface area contributed by atoms with Crippen LogP contribution in [0.2, 0.25) is 0 Å². The highest BCUT2D eigenvalue weighted by atomic mass is 16.5. The number of nitrogens with one attached hydrogen (secondary N) is 2. The third-order valence-corrected chi connectivity index (χ3v) is 6.21. The lowest BCUT2D eigenvalue weighted by Crippen LogP contribution is -2.51. The van der Waals surface area contributed by atoms with Crippen LogP contribution in [0.1, 0.15) is 17.2 Å². The van der Waals surface area contributed by atoms with E-state index in [-0.39, 0.29) is 6.04 Å². The molecule has 1 aliphatic heterocycles. The van der Waals surface area contributed by atoms with Crippen molar-refractivity contribution < 1.29 is 14.3 Å². The molecule has 1 atom stereocenters. The second kappa shape index (κ2) is 12.0. The van der Waals surface area contributed by atoms with Crippen LogP contribution in [0.4, 0.5) is 5.69 Å². The fraction of sp³-hybridized carbons (Fsp3) is 0.296. The summed E-state index contributed by atoms with van der Waals surface area (Å²) >= 11 is 0. The molecule has 0 saturated carbocycles. The van der Waals surface area contributed by atoms with E-state index in [1.165, 1.54) is 0 Å².